The van der Waals surface area contributed by atoms with E-state index in [4.69, 9.17) is 4.42 Å². The fraction of sp³-hybridized carbons (Fsp3) is 0. The summed E-state index contributed by atoms with van der Waals surface area (Å²) in [5.41, 5.74) is 13.6. The van der Waals surface area contributed by atoms with Crippen molar-refractivity contribution in [1.82, 2.24) is 4.48 Å². The highest BCUT2D eigenvalue weighted by Gasteiger charge is 2.54. The van der Waals surface area contributed by atoms with Crippen LogP contribution in [0, 0.1) is 0 Å². The predicted molar refractivity (Wildman–Crippen MR) is 240 cm³/mol. The Bertz CT molecular complexity index is 3470. The standard InChI is InChI=1S/C50H29BN2OSSi/c1-3-15-30(16-4-1)56(31-17-5-2-6-18-31)42-27-12-9-24-39(42)52-47-38(23-14-28-43(47)56)51-44-36(29-37-32-19-8-11-26-41(32)55-50(37)48(44)52)33-21-13-22-35-45(33)53(51)46-34-20-7-10-25-40(34)54-49(35)46/h1-29H. The zero-order valence-corrected chi connectivity index (χ0v) is 31.8. The second kappa shape index (κ2) is 10.4. The third-order valence-electron chi connectivity index (χ3n) is 13.0. The van der Waals surface area contributed by atoms with Crippen molar-refractivity contribution in [1.29, 1.82) is 0 Å². The van der Waals surface area contributed by atoms with Crippen LogP contribution in [0.4, 0.5) is 17.1 Å². The summed E-state index contributed by atoms with van der Waals surface area (Å²) in [6.45, 7) is -0.0692. The molecule has 3 nitrogen and oxygen atoms in total. The highest BCUT2D eigenvalue weighted by molar-refractivity contribution is 7.27. The van der Waals surface area contributed by atoms with Gasteiger partial charge in [-0.1, -0.05) is 140 Å². The van der Waals surface area contributed by atoms with Crippen molar-refractivity contribution in [2.45, 2.75) is 0 Å². The van der Waals surface area contributed by atoms with E-state index >= 15 is 0 Å². The molecule has 0 saturated carbocycles. The van der Waals surface area contributed by atoms with E-state index in [9.17, 15) is 0 Å². The van der Waals surface area contributed by atoms with Gasteiger partial charge in [0.25, 0.3) is 0 Å². The fourth-order valence-corrected chi connectivity index (χ4v) is 17.4. The van der Waals surface area contributed by atoms with Gasteiger partial charge in [-0.25, -0.2) is 0 Å². The van der Waals surface area contributed by atoms with Gasteiger partial charge in [0, 0.05) is 48.7 Å². The van der Waals surface area contributed by atoms with E-state index in [1.54, 1.807) is 0 Å². The summed E-state index contributed by atoms with van der Waals surface area (Å²) in [6, 6.07) is 66.3. The van der Waals surface area contributed by atoms with E-state index in [0.717, 1.165) is 16.6 Å². The second-order valence-electron chi connectivity index (χ2n) is 15.5. The molecule has 56 heavy (non-hydrogen) atoms. The third-order valence-corrected chi connectivity index (χ3v) is 19.0. The van der Waals surface area contributed by atoms with E-state index in [1.165, 1.54) is 96.5 Å². The molecular weight excluding hydrogens is 716 g/mol. The van der Waals surface area contributed by atoms with Crippen LogP contribution < -0.4 is 36.6 Å². The molecule has 6 heterocycles. The van der Waals surface area contributed by atoms with Crippen LogP contribution >= 0.6 is 11.3 Å². The van der Waals surface area contributed by atoms with Crippen LogP contribution in [-0.2, 0) is 0 Å². The summed E-state index contributed by atoms with van der Waals surface area (Å²) in [5.74, 6) is 0. The first-order valence-electron chi connectivity index (χ1n) is 19.4. The average molecular weight is 745 g/mol. The van der Waals surface area contributed by atoms with E-state index in [2.05, 4.69) is 185 Å². The highest BCUT2D eigenvalue weighted by atomic mass is 32.1. The molecule has 0 saturated heterocycles. The zero-order chi connectivity index (χ0) is 36.3. The van der Waals surface area contributed by atoms with Crippen molar-refractivity contribution in [3.63, 3.8) is 0 Å². The molecule has 6 heteroatoms. The van der Waals surface area contributed by atoms with E-state index in [1.807, 2.05) is 11.3 Å². The van der Waals surface area contributed by atoms with Crippen molar-refractivity contribution in [3.8, 4) is 11.1 Å². The molecule has 258 valence electrons. The van der Waals surface area contributed by atoms with Crippen molar-refractivity contribution in [2.24, 2.45) is 0 Å². The summed E-state index contributed by atoms with van der Waals surface area (Å²) in [7, 11) is -2.86. The minimum absolute atomic E-state index is 0.0692. The predicted octanol–water partition coefficient (Wildman–Crippen LogP) is 9.02. The van der Waals surface area contributed by atoms with E-state index in [0.29, 0.717) is 0 Å². The molecule has 0 radical (unpaired) electrons. The molecule has 0 atom stereocenters. The lowest BCUT2D eigenvalue weighted by atomic mass is 9.45. The molecule has 3 aromatic heterocycles. The lowest BCUT2D eigenvalue weighted by molar-refractivity contribution is 0.673. The number of para-hydroxylation sites is 4. The first kappa shape index (κ1) is 29.7. The molecule has 0 unspecified atom stereocenters. The number of nitrogens with zero attached hydrogens (tertiary/aromatic N) is 2. The van der Waals surface area contributed by atoms with E-state index < -0.39 is 8.07 Å². The number of thiophene rings is 1. The number of rotatable bonds is 2. The molecule has 3 aliphatic heterocycles. The molecule has 0 spiro atoms. The van der Waals surface area contributed by atoms with Crippen LogP contribution in [0.2, 0.25) is 0 Å². The first-order chi connectivity index (χ1) is 27.8. The molecule has 8 aromatic carbocycles. The smallest absolute Gasteiger partial charge is 0.333 e. The zero-order valence-electron chi connectivity index (χ0n) is 30.0. The monoisotopic (exact) mass is 744 g/mol. The van der Waals surface area contributed by atoms with Crippen LogP contribution in [0.3, 0.4) is 0 Å². The SMILES string of the molecule is c1ccc([Si]2(c3ccccc3)c3ccccc3N3c4c(cccc42)B2c4c(cc5c(sc6ccccc65)c43)-c3cccc4c5oc6ccccc6c5n2c34)cc1. The molecule has 0 amide bonds. The Kier molecular flexibility index (Phi) is 5.50. The Morgan fingerprint density at radius 2 is 1.20 bits per heavy atom. The largest absolute Gasteiger partial charge is 0.454 e. The maximum absolute atomic E-state index is 6.83. The van der Waals surface area contributed by atoms with E-state index in [-0.39, 0.29) is 6.85 Å². The Balaban J connectivity index is 1.24. The molecule has 11 aromatic rings. The van der Waals surface area contributed by atoms with Crippen LogP contribution in [-0.4, -0.2) is 19.4 Å². The molecule has 14 rings (SSSR count). The molecule has 3 aliphatic rings. The Morgan fingerprint density at radius 1 is 0.518 bits per heavy atom. The summed E-state index contributed by atoms with van der Waals surface area (Å²) in [4.78, 5) is 2.70. The van der Waals surface area contributed by atoms with Gasteiger partial charge in [-0.3, -0.25) is 0 Å². The van der Waals surface area contributed by atoms with Gasteiger partial charge in [0.2, 0.25) is 0 Å². The van der Waals surface area contributed by atoms with Gasteiger partial charge in [0.1, 0.15) is 5.58 Å². The van der Waals surface area contributed by atoms with Gasteiger partial charge in [-0.2, -0.15) is 0 Å². The number of benzene rings is 8. The molecule has 0 N–H and O–H groups in total. The third kappa shape index (κ3) is 3.36. The van der Waals surface area contributed by atoms with Gasteiger partial charge in [-0.05, 0) is 73.6 Å². The van der Waals surface area contributed by atoms with Crippen LogP contribution in [0.1, 0.15) is 0 Å². The summed E-state index contributed by atoms with van der Waals surface area (Å²) >= 11 is 1.94. The Labute approximate surface area is 327 Å². The maximum atomic E-state index is 6.83. The maximum Gasteiger partial charge on any atom is 0.333 e. The number of hydrogen-bond donors (Lipinski definition) is 0. The minimum Gasteiger partial charge on any atom is -0.454 e. The average Bonchev–Trinajstić information content (AvgIpc) is 3.93. The molecular formula is C50H29BN2OSSi. The van der Waals surface area contributed by atoms with Gasteiger partial charge >= 0.3 is 6.85 Å². The molecule has 0 aliphatic carbocycles. The lowest BCUT2D eigenvalue weighted by Crippen LogP contribution is -2.78. The quantitative estimate of drug-likeness (QED) is 0.165. The van der Waals surface area contributed by atoms with Gasteiger partial charge < -0.3 is 13.8 Å². The number of furan rings is 1. The topological polar surface area (TPSA) is 21.3 Å². The number of hydrogen-bond acceptors (Lipinski definition) is 3. The number of anilines is 3. The van der Waals surface area contributed by atoms with Gasteiger partial charge in [0.15, 0.2) is 13.7 Å². The Morgan fingerprint density at radius 3 is 2.04 bits per heavy atom. The fourth-order valence-electron chi connectivity index (χ4n) is 11.0. The van der Waals surface area contributed by atoms with Gasteiger partial charge in [0.05, 0.1) is 15.9 Å². The van der Waals surface area contributed by atoms with Crippen molar-refractivity contribution >= 4 is 128 Å². The summed E-state index contributed by atoms with van der Waals surface area (Å²) in [5, 5.41) is 10.6. The number of fused-ring (bicyclic) bond motifs is 15. The molecule has 0 fully saturated rings. The summed E-state index contributed by atoms with van der Waals surface area (Å²) < 4.78 is 12.2. The summed E-state index contributed by atoms with van der Waals surface area (Å²) in [6.07, 6.45) is 0. The minimum atomic E-state index is -2.86. The van der Waals surface area contributed by atoms with Crippen LogP contribution in [0.15, 0.2) is 180 Å². The van der Waals surface area contributed by atoms with Crippen LogP contribution in [0.5, 0.6) is 0 Å². The highest BCUT2D eigenvalue weighted by Crippen LogP contribution is 2.52. The van der Waals surface area contributed by atoms with Crippen molar-refractivity contribution < 1.29 is 4.42 Å². The van der Waals surface area contributed by atoms with Crippen LogP contribution in [0.25, 0.3) is 64.3 Å². The molecule has 0 bridgehead atoms. The number of aromatic nitrogens is 1. The van der Waals surface area contributed by atoms with Crippen molar-refractivity contribution in [3.05, 3.63) is 176 Å². The van der Waals surface area contributed by atoms with Crippen molar-refractivity contribution in [2.75, 3.05) is 4.90 Å². The Hall–Kier alpha value is -6.60. The van der Waals surface area contributed by atoms with Gasteiger partial charge in [-0.15, -0.1) is 11.3 Å². The first-order valence-corrected chi connectivity index (χ1v) is 22.2. The lowest BCUT2D eigenvalue weighted by Gasteiger charge is -2.49. The normalized spacial score (nSPS) is 14.5. The second-order valence-corrected chi connectivity index (χ2v) is 20.3.